The van der Waals surface area contributed by atoms with Crippen molar-refractivity contribution in [2.75, 3.05) is 11.1 Å². The van der Waals surface area contributed by atoms with Crippen LogP contribution in [0.15, 0.2) is 46.8 Å². The zero-order valence-corrected chi connectivity index (χ0v) is 17.0. The summed E-state index contributed by atoms with van der Waals surface area (Å²) in [5, 5.41) is 15.4. The summed E-state index contributed by atoms with van der Waals surface area (Å²) in [6, 6.07) is 13.8. The first-order valence-corrected chi connectivity index (χ1v) is 10.4. The molecule has 27 heavy (non-hydrogen) atoms. The minimum atomic E-state index is -0.248. The molecule has 0 fully saturated rings. The monoisotopic (exact) mass is 393 g/mol. The van der Waals surface area contributed by atoms with Crippen LogP contribution in [0.4, 0.5) is 5.69 Å². The predicted molar refractivity (Wildman–Crippen MR) is 113 cm³/mol. The normalized spacial score (nSPS) is 10.4. The summed E-state index contributed by atoms with van der Waals surface area (Å²) in [4.78, 5) is 18.6. The second-order valence-corrected chi connectivity index (χ2v) is 8.12. The number of thioether (sulfide) groups is 1. The van der Waals surface area contributed by atoms with E-state index < -0.39 is 0 Å². The predicted octanol–water partition coefficient (Wildman–Crippen LogP) is 5.66. The van der Waals surface area contributed by atoms with Crippen LogP contribution in [0.2, 0.25) is 0 Å². The number of carbonyl (C=O) groups excluding carboxylic acids is 1. The number of anilines is 1. The quantitative estimate of drug-likeness (QED) is 0.568. The van der Waals surface area contributed by atoms with Gasteiger partial charge in [0.25, 0.3) is 5.91 Å². The maximum absolute atomic E-state index is 13.2. The molecule has 0 saturated carbocycles. The van der Waals surface area contributed by atoms with Gasteiger partial charge in [0, 0.05) is 16.1 Å². The Balaban J connectivity index is 2.18. The van der Waals surface area contributed by atoms with Gasteiger partial charge in [0.05, 0.1) is 16.8 Å². The lowest BCUT2D eigenvalue weighted by Crippen LogP contribution is -2.17. The Bertz CT molecular complexity index is 1020. The van der Waals surface area contributed by atoms with Crippen LogP contribution >= 0.6 is 23.1 Å². The Kier molecular flexibility index (Phi) is 5.94. The number of aryl methyl sites for hydroxylation is 2. The van der Waals surface area contributed by atoms with Crippen molar-refractivity contribution in [2.45, 2.75) is 25.8 Å². The molecule has 4 nitrogen and oxygen atoms in total. The molecular formula is C21H19N3OS2. The zero-order chi connectivity index (χ0) is 19.4. The van der Waals surface area contributed by atoms with E-state index >= 15 is 0 Å². The number of nitrogens with zero attached hydrogens (tertiary/aromatic N) is 2. The van der Waals surface area contributed by atoms with Crippen molar-refractivity contribution in [3.05, 3.63) is 64.2 Å². The van der Waals surface area contributed by atoms with Gasteiger partial charge in [-0.3, -0.25) is 4.79 Å². The molecule has 3 aromatic rings. The summed E-state index contributed by atoms with van der Waals surface area (Å²) in [6.45, 7) is 5.79. The van der Waals surface area contributed by atoms with Gasteiger partial charge in [-0.05, 0) is 42.7 Å². The van der Waals surface area contributed by atoms with Crippen molar-refractivity contribution in [2.24, 2.45) is 0 Å². The fourth-order valence-electron chi connectivity index (χ4n) is 2.86. The van der Waals surface area contributed by atoms with Crippen molar-refractivity contribution in [1.82, 2.24) is 4.98 Å². The highest BCUT2D eigenvalue weighted by molar-refractivity contribution is 7.99. The molecule has 2 heterocycles. The maximum atomic E-state index is 13.2. The average molecular weight is 394 g/mol. The summed E-state index contributed by atoms with van der Waals surface area (Å²) >= 11 is 3.03. The SMILES string of the molecule is CCSc1nc(C)c(C(=O)Nc2ccccc2C)c(-c2cccs2)c1C#N. The van der Waals surface area contributed by atoms with Crippen LogP contribution in [0.25, 0.3) is 10.4 Å². The lowest BCUT2D eigenvalue weighted by Gasteiger charge is -2.16. The molecule has 136 valence electrons. The molecule has 0 unspecified atom stereocenters. The summed E-state index contributed by atoms with van der Waals surface area (Å²) < 4.78 is 0. The molecule has 3 rings (SSSR count). The smallest absolute Gasteiger partial charge is 0.258 e. The van der Waals surface area contributed by atoms with E-state index in [0.717, 1.165) is 21.9 Å². The molecule has 0 atom stereocenters. The largest absolute Gasteiger partial charge is 0.322 e. The van der Waals surface area contributed by atoms with Crippen LogP contribution < -0.4 is 5.32 Å². The molecule has 0 radical (unpaired) electrons. The van der Waals surface area contributed by atoms with Crippen molar-refractivity contribution in [1.29, 1.82) is 5.26 Å². The first-order valence-electron chi connectivity index (χ1n) is 8.55. The molecule has 0 saturated heterocycles. The number of para-hydroxylation sites is 1. The molecule has 1 aromatic carbocycles. The van der Waals surface area contributed by atoms with Crippen LogP contribution in [0.5, 0.6) is 0 Å². The van der Waals surface area contributed by atoms with E-state index in [9.17, 15) is 10.1 Å². The van der Waals surface area contributed by atoms with Gasteiger partial charge in [-0.1, -0.05) is 31.2 Å². The van der Waals surface area contributed by atoms with Gasteiger partial charge in [-0.15, -0.1) is 23.1 Å². The lowest BCUT2D eigenvalue weighted by molar-refractivity contribution is 0.102. The topological polar surface area (TPSA) is 65.8 Å². The van der Waals surface area contributed by atoms with Crippen LogP contribution in [-0.4, -0.2) is 16.6 Å². The van der Waals surface area contributed by atoms with Crippen molar-refractivity contribution >= 4 is 34.7 Å². The first kappa shape index (κ1) is 19.2. The van der Waals surface area contributed by atoms with Crippen LogP contribution in [0.3, 0.4) is 0 Å². The van der Waals surface area contributed by atoms with E-state index in [-0.39, 0.29) is 5.91 Å². The molecule has 0 bridgehead atoms. The number of amides is 1. The summed E-state index contributed by atoms with van der Waals surface area (Å²) in [5.41, 5.74) is 3.95. The molecule has 2 aromatic heterocycles. The first-order chi connectivity index (χ1) is 13.1. The van der Waals surface area contributed by atoms with Crippen LogP contribution in [-0.2, 0) is 0 Å². The minimum absolute atomic E-state index is 0.248. The van der Waals surface area contributed by atoms with Crippen molar-refractivity contribution < 1.29 is 4.79 Å². The maximum Gasteiger partial charge on any atom is 0.258 e. The van der Waals surface area contributed by atoms with Gasteiger partial charge in [0.2, 0.25) is 0 Å². The molecule has 1 N–H and O–H groups in total. The third-order valence-corrected chi connectivity index (χ3v) is 5.87. The second-order valence-electron chi connectivity index (χ2n) is 5.92. The number of hydrogen-bond donors (Lipinski definition) is 1. The molecule has 6 heteroatoms. The van der Waals surface area contributed by atoms with Crippen molar-refractivity contribution in [3.63, 3.8) is 0 Å². The fourth-order valence-corrected chi connectivity index (χ4v) is 4.41. The number of carbonyl (C=O) groups is 1. The Hall–Kier alpha value is -2.62. The molecule has 0 aliphatic heterocycles. The third kappa shape index (κ3) is 3.90. The average Bonchev–Trinajstić information content (AvgIpc) is 3.17. The minimum Gasteiger partial charge on any atom is -0.322 e. The third-order valence-electron chi connectivity index (χ3n) is 4.13. The Morgan fingerprint density at radius 3 is 2.67 bits per heavy atom. The number of rotatable bonds is 5. The van der Waals surface area contributed by atoms with Crippen LogP contribution in [0, 0.1) is 25.2 Å². The molecule has 0 aliphatic carbocycles. The number of hydrogen-bond acceptors (Lipinski definition) is 5. The fraction of sp³-hybridized carbons (Fsp3) is 0.190. The number of nitrogens with one attached hydrogen (secondary N) is 1. The Labute approximate surface area is 167 Å². The number of thiophene rings is 1. The van der Waals surface area contributed by atoms with Gasteiger partial charge >= 0.3 is 0 Å². The highest BCUT2D eigenvalue weighted by Gasteiger charge is 2.25. The zero-order valence-electron chi connectivity index (χ0n) is 15.4. The van der Waals surface area contributed by atoms with E-state index in [0.29, 0.717) is 27.4 Å². The highest BCUT2D eigenvalue weighted by atomic mass is 32.2. The van der Waals surface area contributed by atoms with Gasteiger partial charge in [0.15, 0.2) is 0 Å². The van der Waals surface area contributed by atoms with Gasteiger partial charge in [-0.25, -0.2) is 4.98 Å². The summed E-state index contributed by atoms with van der Waals surface area (Å²) in [5.74, 6) is 0.557. The highest BCUT2D eigenvalue weighted by Crippen LogP contribution is 2.37. The number of benzene rings is 1. The van der Waals surface area contributed by atoms with E-state index in [1.54, 1.807) is 0 Å². The number of aromatic nitrogens is 1. The van der Waals surface area contributed by atoms with Gasteiger partial charge in [-0.2, -0.15) is 5.26 Å². The summed E-state index contributed by atoms with van der Waals surface area (Å²) in [7, 11) is 0. The number of nitriles is 1. The molecule has 0 aliphatic rings. The lowest BCUT2D eigenvalue weighted by atomic mass is 9.99. The Morgan fingerprint density at radius 2 is 2.04 bits per heavy atom. The van der Waals surface area contributed by atoms with E-state index in [1.807, 2.05) is 62.5 Å². The standard InChI is InChI=1S/C21H19N3OS2/c1-4-26-21-15(12-22)19(17-10-7-11-27-17)18(14(3)23-21)20(25)24-16-9-6-5-8-13(16)2/h5-11H,4H2,1-3H3,(H,24,25). The number of pyridine rings is 1. The van der Waals surface area contributed by atoms with E-state index in [4.69, 9.17) is 0 Å². The van der Waals surface area contributed by atoms with Gasteiger partial charge < -0.3 is 5.32 Å². The van der Waals surface area contributed by atoms with Crippen LogP contribution in [0.1, 0.15) is 34.1 Å². The van der Waals surface area contributed by atoms with Gasteiger partial charge in [0.1, 0.15) is 11.1 Å². The van der Waals surface area contributed by atoms with E-state index in [2.05, 4.69) is 16.4 Å². The second kappa shape index (κ2) is 8.38. The summed E-state index contributed by atoms with van der Waals surface area (Å²) in [6.07, 6.45) is 0. The Morgan fingerprint density at radius 1 is 1.26 bits per heavy atom. The molecule has 1 amide bonds. The molecule has 0 spiro atoms. The molecular weight excluding hydrogens is 374 g/mol. The van der Waals surface area contributed by atoms with Crippen molar-refractivity contribution in [3.8, 4) is 16.5 Å². The van der Waals surface area contributed by atoms with E-state index in [1.165, 1.54) is 23.1 Å².